The minimum absolute atomic E-state index is 0.00657. The summed E-state index contributed by atoms with van der Waals surface area (Å²) >= 11 is 0. The number of hydrogen-bond donors (Lipinski definition) is 2. The van der Waals surface area contributed by atoms with Crippen LogP contribution in [-0.2, 0) is 14.6 Å². The number of rotatable bonds is 5. The Hall–Kier alpha value is -1.63. The molecular formula is C10H15N3O3S. The van der Waals surface area contributed by atoms with Crippen molar-refractivity contribution in [2.45, 2.75) is 11.8 Å². The maximum atomic E-state index is 11.4. The van der Waals surface area contributed by atoms with Gasteiger partial charge < -0.3 is 10.6 Å². The SMILES string of the molecule is CCNC(=O)CNc1ncccc1S(C)(=O)=O. The van der Waals surface area contributed by atoms with E-state index in [0.717, 1.165) is 6.26 Å². The van der Waals surface area contributed by atoms with Crippen LogP contribution in [0, 0.1) is 0 Å². The van der Waals surface area contributed by atoms with Gasteiger partial charge in [-0.2, -0.15) is 0 Å². The molecule has 0 aliphatic rings. The molecule has 1 aromatic rings. The molecule has 1 aromatic heterocycles. The number of likely N-dealkylation sites (N-methyl/N-ethyl adjacent to an activating group) is 1. The molecule has 1 amide bonds. The second-order valence-corrected chi connectivity index (χ2v) is 5.41. The van der Waals surface area contributed by atoms with Crippen molar-refractivity contribution in [2.75, 3.05) is 24.7 Å². The van der Waals surface area contributed by atoms with Crippen LogP contribution in [0.1, 0.15) is 6.92 Å². The minimum Gasteiger partial charge on any atom is -0.360 e. The van der Waals surface area contributed by atoms with E-state index in [4.69, 9.17) is 0 Å². The number of amides is 1. The second-order valence-electron chi connectivity index (χ2n) is 3.43. The van der Waals surface area contributed by atoms with Crippen molar-refractivity contribution in [3.05, 3.63) is 18.3 Å². The lowest BCUT2D eigenvalue weighted by atomic mass is 10.4. The van der Waals surface area contributed by atoms with E-state index < -0.39 is 9.84 Å². The summed E-state index contributed by atoms with van der Waals surface area (Å²) in [5, 5.41) is 5.30. The maximum absolute atomic E-state index is 11.4. The van der Waals surface area contributed by atoms with Gasteiger partial charge >= 0.3 is 0 Å². The first-order valence-electron chi connectivity index (χ1n) is 5.10. The van der Waals surface area contributed by atoms with Crippen LogP contribution in [0.2, 0.25) is 0 Å². The molecule has 17 heavy (non-hydrogen) atoms. The molecule has 0 aromatic carbocycles. The maximum Gasteiger partial charge on any atom is 0.239 e. The summed E-state index contributed by atoms with van der Waals surface area (Å²) in [4.78, 5) is 15.2. The average molecular weight is 257 g/mol. The third kappa shape index (κ3) is 4.03. The van der Waals surface area contributed by atoms with E-state index in [0.29, 0.717) is 6.54 Å². The molecule has 94 valence electrons. The van der Waals surface area contributed by atoms with Crippen LogP contribution in [0.3, 0.4) is 0 Å². The Balaban J connectivity index is 2.82. The molecule has 7 heteroatoms. The third-order valence-corrected chi connectivity index (χ3v) is 3.09. The number of anilines is 1. The Morgan fingerprint density at radius 3 is 2.76 bits per heavy atom. The first-order valence-corrected chi connectivity index (χ1v) is 7.00. The number of carbonyl (C=O) groups is 1. The van der Waals surface area contributed by atoms with E-state index >= 15 is 0 Å². The number of sulfone groups is 1. The van der Waals surface area contributed by atoms with E-state index in [2.05, 4.69) is 15.6 Å². The summed E-state index contributed by atoms with van der Waals surface area (Å²) < 4.78 is 22.9. The highest BCUT2D eigenvalue weighted by Gasteiger charge is 2.14. The largest absolute Gasteiger partial charge is 0.360 e. The minimum atomic E-state index is -3.35. The lowest BCUT2D eigenvalue weighted by molar-refractivity contribution is -0.119. The molecular weight excluding hydrogens is 242 g/mol. The zero-order chi connectivity index (χ0) is 12.9. The molecule has 0 radical (unpaired) electrons. The van der Waals surface area contributed by atoms with Crippen molar-refractivity contribution in [1.29, 1.82) is 0 Å². The van der Waals surface area contributed by atoms with Gasteiger partial charge in [0.05, 0.1) is 6.54 Å². The summed E-state index contributed by atoms with van der Waals surface area (Å²) in [5.74, 6) is -0.0149. The Kier molecular flexibility index (Phi) is 4.45. The topological polar surface area (TPSA) is 88.2 Å². The number of nitrogens with one attached hydrogen (secondary N) is 2. The predicted octanol–water partition coefficient (Wildman–Crippen LogP) is 0.0331. The molecule has 0 saturated carbocycles. The highest BCUT2D eigenvalue weighted by molar-refractivity contribution is 7.90. The van der Waals surface area contributed by atoms with E-state index in [9.17, 15) is 13.2 Å². The van der Waals surface area contributed by atoms with Crippen LogP contribution in [0.5, 0.6) is 0 Å². The molecule has 0 atom stereocenters. The first kappa shape index (κ1) is 13.4. The monoisotopic (exact) mass is 257 g/mol. The van der Waals surface area contributed by atoms with Gasteiger partial charge in [-0.25, -0.2) is 13.4 Å². The van der Waals surface area contributed by atoms with Crippen LogP contribution < -0.4 is 10.6 Å². The normalized spacial score (nSPS) is 10.9. The number of carbonyl (C=O) groups excluding carboxylic acids is 1. The molecule has 0 aliphatic carbocycles. The van der Waals surface area contributed by atoms with E-state index in [1.165, 1.54) is 18.3 Å². The summed E-state index contributed by atoms with van der Waals surface area (Å²) in [6, 6.07) is 2.98. The lowest BCUT2D eigenvalue weighted by Crippen LogP contribution is -2.30. The van der Waals surface area contributed by atoms with Gasteiger partial charge in [-0.1, -0.05) is 0 Å². The molecule has 1 heterocycles. The summed E-state index contributed by atoms with van der Waals surface area (Å²) in [7, 11) is -3.35. The van der Waals surface area contributed by atoms with Gasteiger partial charge in [-0.05, 0) is 19.1 Å². The summed E-state index contributed by atoms with van der Waals surface area (Å²) in [6.07, 6.45) is 2.57. The van der Waals surface area contributed by atoms with Crippen molar-refractivity contribution in [1.82, 2.24) is 10.3 Å². The van der Waals surface area contributed by atoms with Crippen molar-refractivity contribution in [3.8, 4) is 0 Å². The van der Waals surface area contributed by atoms with Gasteiger partial charge in [-0.15, -0.1) is 0 Å². The average Bonchev–Trinajstić information content (AvgIpc) is 2.26. The molecule has 0 unspecified atom stereocenters. The summed E-state index contributed by atoms with van der Waals surface area (Å²) in [6.45, 7) is 2.33. The Labute approximate surface area is 100 Å². The fraction of sp³-hybridized carbons (Fsp3) is 0.400. The third-order valence-electron chi connectivity index (χ3n) is 1.96. The number of aromatic nitrogens is 1. The highest BCUT2D eigenvalue weighted by Crippen LogP contribution is 2.16. The summed E-state index contributed by atoms with van der Waals surface area (Å²) in [5.41, 5.74) is 0. The molecule has 0 aliphatic heterocycles. The Bertz CT molecular complexity index is 499. The van der Waals surface area contributed by atoms with Gasteiger partial charge in [0.1, 0.15) is 10.7 Å². The Morgan fingerprint density at radius 1 is 1.47 bits per heavy atom. The fourth-order valence-electron chi connectivity index (χ4n) is 1.25. The van der Waals surface area contributed by atoms with Crippen LogP contribution in [0.25, 0.3) is 0 Å². The van der Waals surface area contributed by atoms with Crippen LogP contribution in [0.4, 0.5) is 5.82 Å². The second kappa shape index (κ2) is 5.62. The molecule has 0 saturated heterocycles. The smallest absolute Gasteiger partial charge is 0.239 e. The van der Waals surface area contributed by atoms with Crippen LogP contribution in [0.15, 0.2) is 23.2 Å². The van der Waals surface area contributed by atoms with Crippen LogP contribution >= 0.6 is 0 Å². The number of hydrogen-bond acceptors (Lipinski definition) is 5. The van der Waals surface area contributed by atoms with Crippen molar-refractivity contribution in [2.24, 2.45) is 0 Å². The quantitative estimate of drug-likeness (QED) is 0.777. The van der Waals surface area contributed by atoms with E-state index in [-0.39, 0.29) is 23.2 Å². The van der Waals surface area contributed by atoms with E-state index in [1.54, 1.807) is 6.92 Å². The van der Waals surface area contributed by atoms with Gasteiger partial charge in [0.15, 0.2) is 9.84 Å². The van der Waals surface area contributed by atoms with E-state index in [1.807, 2.05) is 0 Å². The van der Waals surface area contributed by atoms with Crippen LogP contribution in [-0.4, -0.2) is 38.7 Å². The molecule has 6 nitrogen and oxygen atoms in total. The molecule has 1 rings (SSSR count). The van der Waals surface area contributed by atoms with Crippen molar-refractivity contribution in [3.63, 3.8) is 0 Å². The zero-order valence-electron chi connectivity index (χ0n) is 9.73. The number of pyridine rings is 1. The molecule has 0 bridgehead atoms. The van der Waals surface area contributed by atoms with Crippen molar-refractivity contribution >= 4 is 21.6 Å². The molecule has 0 fully saturated rings. The molecule has 2 N–H and O–H groups in total. The van der Waals surface area contributed by atoms with Crippen molar-refractivity contribution < 1.29 is 13.2 Å². The van der Waals surface area contributed by atoms with Gasteiger partial charge in [0.2, 0.25) is 5.91 Å². The van der Waals surface area contributed by atoms with Gasteiger partial charge in [0.25, 0.3) is 0 Å². The lowest BCUT2D eigenvalue weighted by Gasteiger charge is -2.09. The Morgan fingerprint density at radius 2 is 2.18 bits per heavy atom. The van der Waals surface area contributed by atoms with Gasteiger partial charge in [-0.3, -0.25) is 4.79 Å². The highest BCUT2D eigenvalue weighted by atomic mass is 32.2. The predicted molar refractivity (Wildman–Crippen MR) is 64.5 cm³/mol. The standard InChI is InChI=1S/C10H15N3O3S/c1-3-11-9(14)7-13-10-8(17(2,15)16)5-4-6-12-10/h4-6H,3,7H2,1-2H3,(H,11,14)(H,12,13). The number of nitrogens with zero attached hydrogens (tertiary/aromatic N) is 1. The fourth-order valence-corrected chi connectivity index (χ4v) is 2.05. The van der Waals surface area contributed by atoms with Gasteiger partial charge in [0, 0.05) is 19.0 Å². The zero-order valence-corrected chi connectivity index (χ0v) is 10.5. The first-order chi connectivity index (χ1) is 7.95. The molecule has 0 spiro atoms.